The first-order valence-electron chi connectivity index (χ1n) is 25.4. The minimum absolute atomic E-state index is 0.000830. The Kier molecular flexibility index (Phi) is 14.3. The quantitative estimate of drug-likeness (QED) is 0.127. The summed E-state index contributed by atoms with van der Waals surface area (Å²) in [6.45, 7) is 6.65. The lowest BCUT2D eigenvalue weighted by molar-refractivity contribution is -0.138. The van der Waals surface area contributed by atoms with Crippen LogP contribution in [-0.2, 0) is 61.6 Å². The number of benzene rings is 4. The van der Waals surface area contributed by atoms with E-state index in [2.05, 4.69) is 22.6 Å². The molecule has 80 heavy (non-hydrogen) atoms. The van der Waals surface area contributed by atoms with Crippen molar-refractivity contribution in [3.05, 3.63) is 156 Å². The zero-order valence-electron chi connectivity index (χ0n) is 42.1. The molecule has 0 bridgehead atoms. The van der Waals surface area contributed by atoms with Gasteiger partial charge >= 0.3 is 12.4 Å². The van der Waals surface area contributed by atoms with Crippen LogP contribution in [0.1, 0.15) is 86.5 Å². The molecule has 8 atom stereocenters. The van der Waals surface area contributed by atoms with Gasteiger partial charge in [-0.25, -0.2) is 60.7 Å². The van der Waals surface area contributed by atoms with E-state index in [1.807, 2.05) is 0 Å². The van der Waals surface area contributed by atoms with Crippen molar-refractivity contribution in [1.29, 1.82) is 0 Å². The molecular formula is C54H52F10N2O10S4. The fraction of sp³-hybridized carbons (Fsp3) is 0.444. The van der Waals surface area contributed by atoms with Crippen molar-refractivity contribution in [1.82, 2.24) is 9.44 Å². The van der Waals surface area contributed by atoms with E-state index < -0.39 is 174 Å². The SMILES string of the molecule is C=CCC1(CC=C)C[C@@H]2[C@@H](CC[C@@]3(S(=O)(=O)c4ccc(C(F)(F)F)cc4)c4c(F)ccc(F)c4OC[C@@H]23)NS1(=O)=O.O=S1(=O)N[C@@H]2CC[C@@]3(S(=O)(=O)c4ccc(C(F)(F)F)cc4)c4c(F)ccc(F)c4OC[C@H]3[C@@H]2CC12CC=CC2. The van der Waals surface area contributed by atoms with E-state index in [0.29, 0.717) is 24.3 Å². The Bertz CT molecular complexity index is 3650. The highest BCUT2D eigenvalue weighted by Crippen LogP contribution is 2.63. The van der Waals surface area contributed by atoms with Gasteiger partial charge < -0.3 is 9.47 Å². The number of hydrogen-bond acceptors (Lipinski definition) is 10. The molecular weight excluding hydrogens is 1150 g/mol. The molecule has 2 N–H and O–H groups in total. The first-order chi connectivity index (χ1) is 37.4. The smallest absolute Gasteiger partial charge is 0.416 e. The van der Waals surface area contributed by atoms with E-state index in [-0.39, 0.29) is 77.4 Å². The van der Waals surface area contributed by atoms with E-state index >= 15 is 8.78 Å². The van der Waals surface area contributed by atoms with Crippen LogP contribution in [0.4, 0.5) is 43.9 Å². The zero-order chi connectivity index (χ0) is 58.0. The Hall–Kier alpha value is -5.28. The third-order valence-corrected chi connectivity index (χ3v) is 27.4. The summed E-state index contributed by atoms with van der Waals surface area (Å²) in [5, 5.41) is 0. The highest BCUT2D eigenvalue weighted by molar-refractivity contribution is 7.93. The molecule has 432 valence electrons. The summed E-state index contributed by atoms with van der Waals surface area (Å²) >= 11 is 0. The highest BCUT2D eigenvalue weighted by Gasteiger charge is 2.68. The summed E-state index contributed by atoms with van der Waals surface area (Å²) in [6, 6.07) is 7.65. The number of nitrogens with one attached hydrogen (secondary N) is 2. The van der Waals surface area contributed by atoms with Gasteiger partial charge in [-0.15, -0.1) is 13.2 Å². The molecule has 2 saturated carbocycles. The summed E-state index contributed by atoms with van der Waals surface area (Å²) in [4.78, 5) is -0.964. The number of rotatable bonds is 8. The lowest BCUT2D eigenvalue weighted by Gasteiger charge is -2.56. The molecule has 0 amide bonds. The second kappa shape index (κ2) is 19.7. The third kappa shape index (κ3) is 8.67. The number of allylic oxidation sites excluding steroid dienone is 4. The Balaban J connectivity index is 0.000000180. The van der Waals surface area contributed by atoms with Crippen LogP contribution in [0.3, 0.4) is 0 Å². The van der Waals surface area contributed by atoms with Gasteiger partial charge in [-0.05, 0) is 149 Å². The number of alkyl halides is 6. The van der Waals surface area contributed by atoms with Crippen molar-refractivity contribution in [2.24, 2.45) is 23.7 Å². The van der Waals surface area contributed by atoms with Gasteiger partial charge in [0.05, 0.1) is 54.8 Å². The molecule has 4 fully saturated rings. The van der Waals surface area contributed by atoms with Gasteiger partial charge in [0.25, 0.3) is 0 Å². The lowest BCUT2D eigenvalue weighted by Crippen LogP contribution is -2.66. The first kappa shape index (κ1) is 57.9. The van der Waals surface area contributed by atoms with E-state index in [4.69, 9.17) is 9.47 Å². The molecule has 1 spiro atoms. The molecule has 0 aromatic heterocycles. The predicted octanol–water partition coefficient (Wildman–Crippen LogP) is 10.5. The molecule has 4 aromatic carbocycles. The van der Waals surface area contributed by atoms with Crippen molar-refractivity contribution < 1.29 is 87.0 Å². The first-order valence-corrected chi connectivity index (χ1v) is 31.3. The zero-order valence-corrected chi connectivity index (χ0v) is 45.4. The molecule has 2 saturated heterocycles. The molecule has 0 radical (unpaired) electrons. The topological polar surface area (TPSA) is 179 Å². The third-order valence-electron chi connectivity index (χ3n) is 17.8. The van der Waals surface area contributed by atoms with Gasteiger partial charge in [-0.3, -0.25) is 0 Å². The van der Waals surface area contributed by atoms with Crippen molar-refractivity contribution in [3.63, 3.8) is 0 Å². The molecule has 4 heterocycles. The molecule has 0 unspecified atom stereocenters. The number of hydrogen-bond donors (Lipinski definition) is 2. The maximum atomic E-state index is 15.7. The van der Waals surface area contributed by atoms with Crippen molar-refractivity contribution >= 4 is 39.7 Å². The monoisotopic (exact) mass is 1210 g/mol. The van der Waals surface area contributed by atoms with Gasteiger partial charge in [0, 0.05) is 23.9 Å². The Labute approximate surface area is 455 Å². The molecule has 4 aliphatic heterocycles. The largest absolute Gasteiger partial charge is 0.490 e. The van der Waals surface area contributed by atoms with E-state index in [9.17, 15) is 68.8 Å². The second-order valence-electron chi connectivity index (χ2n) is 21.6. The van der Waals surface area contributed by atoms with Crippen LogP contribution in [0.2, 0.25) is 0 Å². The molecule has 26 heteroatoms. The maximum absolute atomic E-state index is 15.7. The van der Waals surface area contributed by atoms with Gasteiger partial charge in [0.1, 0.15) is 21.1 Å². The van der Waals surface area contributed by atoms with Crippen LogP contribution in [0.15, 0.2) is 120 Å². The number of sulfonamides is 2. The normalized spacial score (nSPS) is 29.5. The lowest BCUT2D eigenvalue weighted by atomic mass is 9.63. The van der Waals surface area contributed by atoms with Crippen LogP contribution < -0.4 is 18.9 Å². The highest BCUT2D eigenvalue weighted by atomic mass is 32.2. The number of sulfone groups is 2. The molecule has 4 aromatic rings. The van der Waals surface area contributed by atoms with E-state index in [1.165, 1.54) is 12.2 Å². The summed E-state index contributed by atoms with van der Waals surface area (Å²) < 4.78 is 262. The summed E-state index contributed by atoms with van der Waals surface area (Å²) in [5.41, 5.74) is -3.15. The number of halogens is 10. The molecule has 7 aliphatic rings. The van der Waals surface area contributed by atoms with Crippen molar-refractivity contribution in [3.8, 4) is 11.5 Å². The van der Waals surface area contributed by atoms with E-state index in [1.54, 1.807) is 12.2 Å². The Morgan fingerprint density at radius 3 is 1.32 bits per heavy atom. The average molecular weight is 1210 g/mol. The van der Waals surface area contributed by atoms with Crippen LogP contribution in [0.5, 0.6) is 11.5 Å². The Morgan fingerprint density at radius 2 is 0.938 bits per heavy atom. The maximum Gasteiger partial charge on any atom is 0.416 e. The van der Waals surface area contributed by atoms with Crippen LogP contribution in [-0.4, -0.2) is 68.5 Å². The average Bonchev–Trinajstić information content (AvgIpc) is 3.79. The van der Waals surface area contributed by atoms with Gasteiger partial charge in [0.15, 0.2) is 42.8 Å². The predicted molar refractivity (Wildman–Crippen MR) is 271 cm³/mol. The summed E-state index contributed by atoms with van der Waals surface area (Å²) in [5.74, 6) is -8.55. The minimum Gasteiger partial charge on any atom is -0.490 e. The minimum atomic E-state index is -4.72. The standard InChI is InChI=1S/C28H28F5NO5S2.C26H24F5NO5S2/c1-3-12-26(13-4-2)15-19-20-16-39-25-22(30)10-9-21(29)24(25)27(20,14-11-23(19)34-41(26,37)38)40(35,36)18-7-5-17(6-8-18)28(31,32)33;27-19-7-8-20(28)23-22(19)25(38(33,34)16-5-3-15(4-6-16)26(29,30)31)12-9-21-17(18(25)14-37-23)13-24(10-1-2-11-24)39(35,36)32-21/h3-10,19-20,23,34H,1-2,11-16H2;1-8,17-18,21,32H,9-14H2/t19-,20-,23+,27-;17-,18-,21+,25-/m00/s1. The molecule has 11 rings (SSSR count). The fourth-order valence-corrected chi connectivity index (χ4v) is 22.9. The van der Waals surface area contributed by atoms with Crippen LogP contribution >= 0.6 is 0 Å². The van der Waals surface area contributed by atoms with Crippen LogP contribution in [0, 0.1) is 46.9 Å². The second-order valence-corrected chi connectivity index (χ2v) is 30.3. The fourth-order valence-electron chi connectivity index (χ4n) is 14.1. The van der Waals surface area contributed by atoms with Gasteiger partial charge in [-0.2, -0.15) is 26.3 Å². The van der Waals surface area contributed by atoms with Crippen molar-refractivity contribution in [2.45, 2.75) is 117 Å². The number of ether oxygens (including phenoxy) is 2. The summed E-state index contributed by atoms with van der Waals surface area (Å²) in [6.07, 6.45) is -3.20. The van der Waals surface area contributed by atoms with Gasteiger partial charge in [0.2, 0.25) is 20.0 Å². The van der Waals surface area contributed by atoms with Crippen LogP contribution in [0.25, 0.3) is 0 Å². The molecule has 3 aliphatic carbocycles. The summed E-state index contributed by atoms with van der Waals surface area (Å²) in [7, 11) is -17.1. The Morgan fingerprint density at radius 1 is 0.562 bits per heavy atom. The van der Waals surface area contributed by atoms with Crippen molar-refractivity contribution in [2.75, 3.05) is 13.2 Å². The molecule has 12 nitrogen and oxygen atoms in total. The number of fused-ring (bicyclic) bond motifs is 10. The van der Waals surface area contributed by atoms with Gasteiger partial charge in [-0.1, -0.05) is 24.3 Å². The van der Waals surface area contributed by atoms with E-state index in [0.717, 1.165) is 48.5 Å².